The third-order valence-electron chi connectivity index (χ3n) is 8.37. The molecule has 0 aliphatic carbocycles. The van der Waals surface area contributed by atoms with Crippen LogP contribution in [0.25, 0.3) is 0 Å². The van der Waals surface area contributed by atoms with Crippen LogP contribution in [-0.2, 0) is 9.53 Å². The summed E-state index contributed by atoms with van der Waals surface area (Å²) in [6.45, 7) is 7.16. The standard InChI is InChI=1S/C14H24FN4O2.3C4H9.Sn/c1-21-14(20)13-11-4-3-10(18(11)7-2-5-15)9-12(13)19(17)8-6-16;3*1-3-4-2;/h8,10-13H,2-5,7,9,16-17H2,1H3;3*1,3-4H2,2H3;. The zero-order valence-corrected chi connectivity index (χ0v) is 25.1. The Balaban J connectivity index is 2.32. The fraction of sp³-hybridized carbons (Fsp3) is 0.885. The van der Waals surface area contributed by atoms with Crippen molar-refractivity contribution in [3.8, 4) is 0 Å². The molecule has 2 saturated heterocycles. The summed E-state index contributed by atoms with van der Waals surface area (Å²) >= 11 is -2.77. The van der Waals surface area contributed by atoms with Crippen molar-refractivity contribution >= 4 is 24.3 Å². The van der Waals surface area contributed by atoms with Gasteiger partial charge in [-0.15, -0.1) is 0 Å². The molecule has 0 saturated carbocycles. The first-order chi connectivity index (χ1) is 16.4. The Bertz CT molecular complexity index is 629. The Morgan fingerprint density at radius 1 is 1.09 bits per heavy atom. The van der Waals surface area contributed by atoms with Crippen LogP contribution in [0.15, 0.2) is 9.91 Å². The second-order valence-electron chi connectivity index (χ2n) is 10.6. The van der Waals surface area contributed by atoms with E-state index in [1.54, 1.807) is 5.01 Å². The van der Waals surface area contributed by atoms with Gasteiger partial charge in [0.25, 0.3) is 0 Å². The van der Waals surface area contributed by atoms with E-state index in [0.717, 1.165) is 23.0 Å². The third-order valence-corrected chi connectivity index (χ3v) is 23.5. The van der Waals surface area contributed by atoms with Gasteiger partial charge in [-0.3, -0.25) is 0 Å². The van der Waals surface area contributed by atoms with E-state index in [2.05, 4.69) is 25.7 Å². The number of piperidine rings is 1. The van der Waals surface area contributed by atoms with E-state index >= 15 is 0 Å². The Labute approximate surface area is 211 Å². The number of methoxy groups -OCH3 is 1. The second-order valence-corrected chi connectivity index (χ2v) is 23.8. The Morgan fingerprint density at radius 2 is 1.68 bits per heavy atom. The molecular formula is C26H51FN4O2Sn. The summed E-state index contributed by atoms with van der Waals surface area (Å²) in [6, 6.07) is 0.284. The van der Waals surface area contributed by atoms with Crippen LogP contribution in [0, 0.1) is 5.92 Å². The van der Waals surface area contributed by atoms with Crippen molar-refractivity contribution < 1.29 is 13.9 Å². The van der Waals surface area contributed by atoms with Crippen LogP contribution in [0.5, 0.6) is 0 Å². The van der Waals surface area contributed by atoms with Gasteiger partial charge < -0.3 is 0 Å². The summed E-state index contributed by atoms with van der Waals surface area (Å²) in [5.74, 6) is 6.20. The summed E-state index contributed by atoms with van der Waals surface area (Å²) in [6.07, 6.45) is 12.6. The Morgan fingerprint density at radius 3 is 2.18 bits per heavy atom. The number of alkyl halides is 1. The number of unbranched alkanes of at least 4 members (excludes halogenated alkanes) is 3. The normalized spacial score (nSPS) is 25.5. The molecule has 0 amide bonds. The van der Waals surface area contributed by atoms with Crippen molar-refractivity contribution in [3.63, 3.8) is 0 Å². The minimum atomic E-state index is -2.77. The first kappa shape index (κ1) is 29.7. The molecule has 2 aliphatic heterocycles. The summed E-state index contributed by atoms with van der Waals surface area (Å²) in [5, 5.41) is 1.78. The number of hydrogen-bond acceptors (Lipinski definition) is 6. The maximum absolute atomic E-state index is 13.0. The van der Waals surface area contributed by atoms with E-state index in [9.17, 15) is 9.18 Å². The molecule has 2 bridgehead atoms. The van der Waals surface area contributed by atoms with Gasteiger partial charge in [-0.2, -0.15) is 0 Å². The number of esters is 1. The van der Waals surface area contributed by atoms with Crippen molar-refractivity contribution in [2.45, 2.75) is 116 Å². The number of carbonyl (C=O) groups excluding carboxylic acids is 1. The summed E-state index contributed by atoms with van der Waals surface area (Å²) in [4.78, 5) is 15.3. The van der Waals surface area contributed by atoms with Gasteiger partial charge in [-0.1, -0.05) is 0 Å². The topological polar surface area (TPSA) is 84.8 Å². The molecule has 8 heteroatoms. The van der Waals surface area contributed by atoms with Gasteiger partial charge in [-0.25, -0.2) is 0 Å². The van der Waals surface area contributed by atoms with Gasteiger partial charge in [0.15, 0.2) is 0 Å². The molecule has 2 heterocycles. The number of fused-ring (bicyclic) bond motifs is 2. The Hall–Kier alpha value is -0.541. The molecule has 2 rings (SSSR count). The fourth-order valence-corrected chi connectivity index (χ4v) is 21.0. The molecule has 0 spiro atoms. The van der Waals surface area contributed by atoms with Crippen LogP contribution < -0.4 is 11.6 Å². The Kier molecular flexibility index (Phi) is 13.0. The average molecular weight is 589 g/mol. The van der Waals surface area contributed by atoms with Gasteiger partial charge in [-0.05, 0) is 0 Å². The van der Waals surface area contributed by atoms with E-state index in [0.29, 0.717) is 19.0 Å². The molecule has 4 atom stereocenters. The van der Waals surface area contributed by atoms with Crippen LogP contribution >= 0.6 is 0 Å². The zero-order valence-electron chi connectivity index (χ0n) is 22.2. The minimum absolute atomic E-state index is 0.0666. The van der Waals surface area contributed by atoms with Crippen LogP contribution in [0.1, 0.15) is 85.0 Å². The second kappa shape index (κ2) is 14.9. The molecule has 0 aromatic rings. The predicted octanol–water partition coefficient (Wildman–Crippen LogP) is 5.10. The van der Waals surface area contributed by atoms with Crippen molar-refractivity contribution in [3.05, 3.63) is 9.91 Å². The van der Waals surface area contributed by atoms with Crippen molar-refractivity contribution in [1.29, 1.82) is 0 Å². The fourth-order valence-electron chi connectivity index (χ4n) is 6.38. The third kappa shape index (κ3) is 7.25. The quantitative estimate of drug-likeness (QED) is 0.113. The number of nitrogens with two attached hydrogens (primary N) is 2. The average Bonchev–Trinajstić information content (AvgIpc) is 3.12. The van der Waals surface area contributed by atoms with Crippen LogP contribution in [0.2, 0.25) is 13.3 Å². The summed E-state index contributed by atoms with van der Waals surface area (Å²) < 4.78 is 23.1. The molecule has 0 radical (unpaired) electrons. The molecule has 2 fully saturated rings. The number of nitrogens with zero attached hydrogens (tertiary/aromatic N) is 2. The molecule has 6 nitrogen and oxygen atoms in total. The number of hydrogen-bond donors (Lipinski definition) is 2. The molecule has 4 N–H and O–H groups in total. The number of ether oxygens (including phenoxy) is 1. The monoisotopic (exact) mass is 590 g/mol. The van der Waals surface area contributed by atoms with E-state index in [1.807, 2.05) is 6.20 Å². The number of halogens is 1. The van der Waals surface area contributed by atoms with Gasteiger partial charge in [0, 0.05) is 0 Å². The van der Waals surface area contributed by atoms with Crippen molar-refractivity contribution in [2.24, 2.45) is 17.5 Å². The van der Waals surface area contributed by atoms with Crippen LogP contribution in [0.4, 0.5) is 4.39 Å². The summed E-state index contributed by atoms with van der Waals surface area (Å²) in [7, 11) is 1.46. The molecule has 2 aliphatic rings. The van der Waals surface area contributed by atoms with Gasteiger partial charge in [0.05, 0.1) is 0 Å². The summed E-state index contributed by atoms with van der Waals surface area (Å²) in [5.41, 5.74) is 6.98. The molecule has 198 valence electrons. The first-order valence-electron chi connectivity index (χ1n) is 13.8. The number of hydrazine groups is 1. The van der Waals surface area contributed by atoms with Gasteiger partial charge in [0.1, 0.15) is 0 Å². The first-order valence-corrected chi connectivity index (χ1v) is 21.3. The molecule has 0 aromatic heterocycles. The van der Waals surface area contributed by atoms with Gasteiger partial charge >= 0.3 is 212 Å². The molecule has 4 unspecified atom stereocenters. The number of rotatable bonds is 16. The van der Waals surface area contributed by atoms with Crippen LogP contribution in [-0.4, -0.2) is 72.7 Å². The van der Waals surface area contributed by atoms with E-state index in [-0.39, 0.29) is 30.6 Å². The van der Waals surface area contributed by atoms with Crippen molar-refractivity contribution in [1.82, 2.24) is 9.91 Å². The van der Waals surface area contributed by atoms with E-state index in [1.165, 1.54) is 58.9 Å². The predicted molar refractivity (Wildman–Crippen MR) is 141 cm³/mol. The van der Waals surface area contributed by atoms with Gasteiger partial charge in [0.2, 0.25) is 0 Å². The zero-order chi connectivity index (χ0) is 25.1. The molecular weight excluding hydrogens is 538 g/mol. The van der Waals surface area contributed by atoms with Crippen LogP contribution in [0.3, 0.4) is 0 Å². The van der Waals surface area contributed by atoms with E-state index in [4.69, 9.17) is 16.3 Å². The van der Waals surface area contributed by atoms with E-state index < -0.39 is 18.4 Å². The molecule has 34 heavy (non-hydrogen) atoms. The molecule has 0 aromatic carbocycles. The van der Waals surface area contributed by atoms with Crippen molar-refractivity contribution in [2.75, 3.05) is 20.3 Å². The SMILES string of the molecule is CCC[CH2][Sn]([CH2]CCC)([CH2]CCC)/[C](N)=C/N(N)C1CC2CCC(C1C(=O)OC)N2CCCF. The maximum atomic E-state index is 13.0. The number of carbonyl (C=O) groups is 1.